The molecule has 0 amide bonds. The summed E-state index contributed by atoms with van der Waals surface area (Å²) in [5, 5.41) is 0. The Hall–Kier alpha value is -1.05. The molecule has 1 saturated carbocycles. The molecule has 0 aliphatic heterocycles. The Morgan fingerprint density at radius 2 is 2.08 bits per heavy atom. The van der Waals surface area contributed by atoms with Gasteiger partial charge >= 0.3 is 0 Å². The van der Waals surface area contributed by atoms with Crippen LogP contribution in [-0.2, 0) is 0 Å². The largest absolute Gasteiger partial charge is 0.383 e. The van der Waals surface area contributed by atoms with Crippen molar-refractivity contribution in [3.05, 3.63) is 23.4 Å². The maximum absolute atomic E-state index is 5.89. The molecule has 0 atom stereocenters. The van der Waals surface area contributed by atoms with Crippen LogP contribution in [0.3, 0.4) is 0 Å². The van der Waals surface area contributed by atoms with Crippen molar-refractivity contribution >= 4 is 5.82 Å². The van der Waals surface area contributed by atoms with Gasteiger partial charge in [-0.25, -0.2) is 4.98 Å². The third kappa shape index (κ3) is 1.53. The minimum Gasteiger partial charge on any atom is -0.383 e. The zero-order valence-electron chi connectivity index (χ0n) is 8.09. The summed E-state index contributed by atoms with van der Waals surface area (Å²) in [5.41, 5.74) is 8.50. The van der Waals surface area contributed by atoms with Gasteiger partial charge in [-0.05, 0) is 37.3 Å². The van der Waals surface area contributed by atoms with E-state index in [2.05, 4.69) is 18.0 Å². The maximum Gasteiger partial charge on any atom is 0.127 e. The van der Waals surface area contributed by atoms with E-state index < -0.39 is 0 Å². The van der Waals surface area contributed by atoms with Crippen LogP contribution in [0, 0.1) is 6.92 Å². The fourth-order valence-corrected chi connectivity index (χ4v) is 2.34. The number of aromatic nitrogens is 1. The molecule has 0 radical (unpaired) electrons. The molecule has 70 valence electrons. The zero-order chi connectivity index (χ0) is 9.26. The quantitative estimate of drug-likeness (QED) is 0.714. The number of rotatable bonds is 1. The summed E-state index contributed by atoms with van der Waals surface area (Å²) in [6, 6.07) is 2.06. The van der Waals surface area contributed by atoms with Crippen molar-refractivity contribution in [2.75, 3.05) is 5.73 Å². The van der Waals surface area contributed by atoms with E-state index in [1.165, 1.54) is 36.8 Å². The van der Waals surface area contributed by atoms with E-state index >= 15 is 0 Å². The molecule has 1 heterocycles. The van der Waals surface area contributed by atoms with Gasteiger partial charge in [0.15, 0.2) is 0 Å². The lowest BCUT2D eigenvalue weighted by Gasteiger charge is -2.14. The molecule has 0 saturated heterocycles. The Morgan fingerprint density at radius 1 is 1.38 bits per heavy atom. The van der Waals surface area contributed by atoms with Gasteiger partial charge in [0.05, 0.1) is 0 Å². The van der Waals surface area contributed by atoms with Gasteiger partial charge in [-0.15, -0.1) is 0 Å². The molecule has 2 rings (SSSR count). The number of anilines is 1. The molecule has 2 nitrogen and oxygen atoms in total. The monoisotopic (exact) mass is 176 g/mol. The lowest BCUT2D eigenvalue weighted by atomic mass is 9.94. The molecule has 0 unspecified atom stereocenters. The third-order valence-corrected chi connectivity index (χ3v) is 3.00. The van der Waals surface area contributed by atoms with Crippen molar-refractivity contribution in [1.82, 2.24) is 4.98 Å². The Morgan fingerprint density at radius 3 is 2.69 bits per heavy atom. The molecule has 1 aromatic heterocycles. The van der Waals surface area contributed by atoms with Crippen molar-refractivity contribution in [2.45, 2.75) is 38.5 Å². The van der Waals surface area contributed by atoms with Crippen LogP contribution in [0.2, 0.25) is 0 Å². The number of aryl methyl sites for hydroxylation is 1. The Labute approximate surface area is 79.2 Å². The molecule has 2 N–H and O–H groups in total. The average molecular weight is 176 g/mol. The predicted molar refractivity (Wildman–Crippen MR) is 54.6 cm³/mol. The number of nitrogen functional groups attached to an aromatic ring is 1. The van der Waals surface area contributed by atoms with E-state index in [-0.39, 0.29) is 0 Å². The average Bonchev–Trinajstić information content (AvgIpc) is 2.57. The first-order valence-corrected chi connectivity index (χ1v) is 5.00. The topological polar surface area (TPSA) is 38.9 Å². The molecule has 1 aliphatic carbocycles. The third-order valence-electron chi connectivity index (χ3n) is 3.00. The zero-order valence-corrected chi connectivity index (χ0v) is 8.09. The number of hydrogen-bond acceptors (Lipinski definition) is 2. The van der Waals surface area contributed by atoms with E-state index in [1.54, 1.807) is 6.20 Å². The summed E-state index contributed by atoms with van der Waals surface area (Å²) in [4.78, 5) is 4.16. The lowest BCUT2D eigenvalue weighted by Crippen LogP contribution is -2.03. The predicted octanol–water partition coefficient (Wildman–Crippen LogP) is 2.63. The SMILES string of the molecule is Cc1ccnc(N)c1C1CCCC1. The van der Waals surface area contributed by atoms with Crippen molar-refractivity contribution in [2.24, 2.45) is 0 Å². The minimum atomic E-state index is 0.675. The van der Waals surface area contributed by atoms with E-state index in [1.807, 2.05) is 0 Å². The Bertz CT molecular complexity index is 281. The number of nitrogens with zero attached hydrogens (tertiary/aromatic N) is 1. The first kappa shape index (κ1) is 8.54. The summed E-state index contributed by atoms with van der Waals surface area (Å²) < 4.78 is 0. The highest BCUT2D eigenvalue weighted by atomic mass is 14.8. The van der Waals surface area contributed by atoms with Crippen LogP contribution < -0.4 is 5.73 Å². The smallest absolute Gasteiger partial charge is 0.127 e. The first-order chi connectivity index (χ1) is 6.29. The van der Waals surface area contributed by atoms with E-state index in [0.29, 0.717) is 5.92 Å². The summed E-state index contributed by atoms with van der Waals surface area (Å²) in [6.45, 7) is 2.13. The normalized spacial score (nSPS) is 17.9. The molecular formula is C11H16N2. The lowest BCUT2D eigenvalue weighted by molar-refractivity contribution is 0.717. The fraction of sp³-hybridized carbons (Fsp3) is 0.545. The van der Waals surface area contributed by atoms with Crippen LogP contribution in [0.5, 0.6) is 0 Å². The summed E-state index contributed by atoms with van der Waals surface area (Å²) in [7, 11) is 0. The van der Waals surface area contributed by atoms with Crippen molar-refractivity contribution in [3.8, 4) is 0 Å². The first-order valence-electron chi connectivity index (χ1n) is 5.00. The molecular weight excluding hydrogens is 160 g/mol. The van der Waals surface area contributed by atoms with Gasteiger partial charge in [-0.1, -0.05) is 12.8 Å². The van der Waals surface area contributed by atoms with E-state index in [4.69, 9.17) is 5.73 Å². The van der Waals surface area contributed by atoms with Gasteiger partial charge in [0.1, 0.15) is 5.82 Å². The number of nitrogens with two attached hydrogens (primary N) is 1. The molecule has 2 heteroatoms. The molecule has 13 heavy (non-hydrogen) atoms. The van der Waals surface area contributed by atoms with Crippen LogP contribution in [0.4, 0.5) is 5.82 Å². The van der Waals surface area contributed by atoms with Crippen molar-refractivity contribution in [3.63, 3.8) is 0 Å². The standard InChI is InChI=1S/C11H16N2/c1-8-6-7-13-11(12)10(8)9-4-2-3-5-9/h6-7,9H,2-5H2,1H3,(H2,12,13). The summed E-state index contributed by atoms with van der Waals surface area (Å²) >= 11 is 0. The molecule has 0 aromatic carbocycles. The second-order valence-electron chi connectivity index (χ2n) is 3.91. The highest BCUT2D eigenvalue weighted by molar-refractivity contribution is 5.46. The van der Waals surface area contributed by atoms with Crippen molar-refractivity contribution < 1.29 is 0 Å². The van der Waals surface area contributed by atoms with Crippen molar-refractivity contribution in [1.29, 1.82) is 0 Å². The van der Waals surface area contributed by atoms with E-state index in [0.717, 1.165) is 5.82 Å². The van der Waals surface area contributed by atoms with Gasteiger partial charge in [-0.2, -0.15) is 0 Å². The molecule has 1 aromatic rings. The second kappa shape index (κ2) is 3.36. The van der Waals surface area contributed by atoms with Gasteiger partial charge in [0.2, 0.25) is 0 Å². The summed E-state index contributed by atoms with van der Waals surface area (Å²) in [5.74, 6) is 1.42. The minimum absolute atomic E-state index is 0.675. The highest BCUT2D eigenvalue weighted by Gasteiger charge is 2.21. The molecule has 1 fully saturated rings. The Balaban J connectivity index is 2.37. The highest BCUT2D eigenvalue weighted by Crippen LogP contribution is 2.37. The molecule has 0 spiro atoms. The van der Waals surface area contributed by atoms with Gasteiger partial charge in [-0.3, -0.25) is 0 Å². The summed E-state index contributed by atoms with van der Waals surface area (Å²) in [6.07, 6.45) is 7.06. The van der Waals surface area contributed by atoms with Crippen LogP contribution in [0.25, 0.3) is 0 Å². The van der Waals surface area contributed by atoms with Crippen LogP contribution >= 0.6 is 0 Å². The van der Waals surface area contributed by atoms with Crippen LogP contribution in [-0.4, -0.2) is 4.98 Å². The number of hydrogen-bond donors (Lipinski definition) is 1. The maximum atomic E-state index is 5.89. The number of pyridine rings is 1. The van der Waals surface area contributed by atoms with Crippen LogP contribution in [0.15, 0.2) is 12.3 Å². The van der Waals surface area contributed by atoms with Gasteiger partial charge < -0.3 is 5.73 Å². The van der Waals surface area contributed by atoms with E-state index in [9.17, 15) is 0 Å². The van der Waals surface area contributed by atoms with Crippen LogP contribution in [0.1, 0.15) is 42.7 Å². The molecule has 1 aliphatic rings. The fourth-order valence-electron chi connectivity index (χ4n) is 2.34. The Kier molecular flexibility index (Phi) is 2.21. The second-order valence-corrected chi connectivity index (χ2v) is 3.91. The van der Waals surface area contributed by atoms with Gasteiger partial charge in [0, 0.05) is 11.8 Å². The molecule has 0 bridgehead atoms. The van der Waals surface area contributed by atoms with Gasteiger partial charge in [0.25, 0.3) is 0 Å².